The van der Waals surface area contributed by atoms with Crippen LogP contribution in [0.1, 0.15) is 27.7 Å². The molecular formula is C16H16N4O3. The lowest BCUT2D eigenvalue weighted by Gasteiger charge is -2.40. The molecule has 4 rings (SSSR count). The Morgan fingerprint density at radius 2 is 2.04 bits per heavy atom. The predicted octanol–water partition coefficient (Wildman–Crippen LogP) is 1.69. The minimum Gasteiger partial charge on any atom is -0.476 e. The van der Waals surface area contributed by atoms with Gasteiger partial charge in [-0.05, 0) is 24.1 Å². The van der Waals surface area contributed by atoms with Crippen LogP contribution >= 0.6 is 0 Å². The molecule has 0 atom stereocenters. The summed E-state index contributed by atoms with van der Waals surface area (Å²) in [5.74, 6) is -0.925. The molecule has 1 aromatic heterocycles. The Kier molecular flexibility index (Phi) is 3.07. The van der Waals surface area contributed by atoms with Gasteiger partial charge in [0.2, 0.25) is 0 Å². The van der Waals surface area contributed by atoms with Crippen molar-refractivity contribution < 1.29 is 14.7 Å². The van der Waals surface area contributed by atoms with Gasteiger partial charge in [-0.3, -0.25) is 10.00 Å². The summed E-state index contributed by atoms with van der Waals surface area (Å²) < 4.78 is 0. The SMILES string of the molecule is O=C(O)c1cc(C2CN(C(=O)N3CCc4ccccc43)C2)[nH]n1. The van der Waals surface area contributed by atoms with E-state index in [1.165, 1.54) is 5.56 Å². The summed E-state index contributed by atoms with van der Waals surface area (Å²) >= 11 is 0. The number of amides is 2. The summed E-state index contributed by atoms with van der Waals surface area (Å²) in [5.41, 5.74) is 2.99. The number of carboxylic acid groups (broad SMARTS) is 1. The number of aromatic carboxylic acids is 1. The Labute approximate surface area is 132 Å². The van der Waals surface area contributed by atoms with Gasteiger partial charge in [-0.2, -0.15) is 5.10 Å². The van der Waals surface area contributed by atoms with Crippen LogP contribution in [0, 0.1) is 0 Å². The Balaban J connectivity index is 1.42. The second-order valence-electron chi connectivity index (χ2n) is 5.93. The molecule has 1 fully saturated rings. The number of aromatic nitrogens is 2. The fourth-order valence-electron chi connectivity index (χ4n) is 3.19. The van der Waals surface area contributed by atoms with E-state index in [0.29, 0.717) is 19.6 Å². The Morgan fingerprint density at radius 1 is 1.26 bits per heavy atom. The molecule has 118 valence electrons. The first-order chi connectivity index (χ1) is 11.1. The quantitative estimate of drug-likeness (QED) is 0.883. The number of rotatable bonds is 2. The molecule has 0 radical (unpaired) electrons. The van der Waals surface area contributed by atoms with Gasteiger partial charge in [0, 0.05) is 36.9 Å². The van der Waals surface area contributed by atoms with Gasteiger partial charge in [0.25, 0.3) is 0 Å². The van der Waals surface area contributed by atoms with Crippen molar-refractivity contribution in [2.24, 2.45) is 0 Å². The first-order valence-electron chi connectivity index (χ1n) is 7.56. The molecule has 23 heavy (non-hydrogen) atoms. The first kappa shape index (κ1) is 13.8. The second-order valence-corrected chi connectivity index (χ2v) is 5.93. The largest absolute Gasteiger partial charge is 0.476 e. The highest BCUT2D eigenvalue weighted by Crippen LogP contribution is 2.32. The van der Waals surface area contributed by atoms with Crippen molar-refractivity contribution in [3.8, 4) is 0 Å². The van der Waals surface area contributed by atoms with Crippen LogP contribution < -0.4 is 4.90 Å². The van der Waals surface area contributed by atoms with Crippen molar-refractivity contribution in [1.29, 1.82) is 0 Å². The number of carbonyl (C=O) groups is 2. The highest BCUT2D eigenvalue weighted by molar-refractivity contribution is 5.94. The van der Waals surface area contributed by atoms with E-state index in [0.717, 1.165) is 17.8 Å². The average Bonchev–Trinajstić information content (AvgIpc) is 3.12. The minimum absolute atomic E-state index is 0.0123. The molecule has 2 amide bonds. The van der Waals surface area contributed by atoms with E-state index in [1.54, 1.807) is 11.0 Å². The predicted molar refractivity (Wildman–Crippen MR) is 82.7 cm³/mol. The Bertz CT molecular complexity index is 779. The molecule has 2 aliphatic heterocycles. The Hall–Kier alpha value is -2.83. The number of aromatic amines is 1. The molecule has 1 saturated heterocycles. The van der Waals surface area contributed by atoms with E-state index in [2.05, 4.69) is 16.3 Å². The molecule has 0 saturated carbocycles. The molecule has 7 nitrogen and oxygen atoms in total. The number of anilines is 1. The van der Waals surface area contributed by atoms with Crippen molar-refractivity contribution in [2.45, 2.75) is 12.3 Å². The summed E-state index contributed by atoms with van der Waals surface area (Å²) in [6.45, 7) is 1.88. The molecule has 0 aliphatic carbocycles. The maximum Gasteiger partial charge on any atom is 0.356 e. The fourth-order valence-corrected chi connectivity index (χ4v) is 3.19. The summed E-state index contributed by atoms with van der Waals surface area (Å²) in [6, 6.07) is 9.53. The van der Waals surface area contributed by atoms with Crippen molar-refractivity contribution in [1.82, 2.24) is 15.1 Å². The third-order valence-electron chi connectivity index (χ3n) is 4.53. The molecule has 7 heteroatoms. The van der Waals surface area contributed by atoms with Gasteiger partial charge in [0.05, 0.1) is 0 Å². The molecule has 2 aliphatic rings. The Morgan fingerprint density at radius 3 is 2.78 bits per heavy atom. The summed E-state index contributed by atoms with van der Waals surface area (Å²) in [6.07, 6.45) is 0.891. The van der Waals surface area contributed by atoms with E-state index < -0.39 is 5.97 Å². The zero-order valence-electron chi connectivity index (χ0n) is 12.4. The van der Waals surface area contributed by atoms with Crippen LogP contribution in [0.5, 0.6) is 0 Å². The number of fused-ring (bicyclic) bond motifs is 1. The highest BCUT2D eigenvalue weighted by atomic mass is 16.4. The van der Waals surface area contributed by atoms with Crippen molar-refractivity contribution in [3.05, 3.63) is 47.3 Å². The summed E-state index contributed by atoms with van der Waals surface area (Å²) in [5, 5.41) is 15.4. The van der Waals surface area contributed by atoms with Gasteiger partial charge in [0.1, 0.15) is 0 Å². The molecule has 3 heterocycles. The van der Waals surface area contributed by atoms with Gasteiger partial charge in [-0.1, -0.05) is 18.2 Å². The highest BCUT2D eigenvalue weighted by Gasteiger charge is 2.37. The number of nitrogens with one attached hydrogen (secondary N) is 1. The van der Waals surface area contributed by atoms with Crippen molar-refractivity contribution >= 4 is 17.7 Å². The minimum atomic E-state index is -1.05. The van der Waals surface area contributed by atoms with Crippen LogP contribution in [0.4, 0.5) is 10.5 Å². The molecule has 1 aromatic carbocycles. The van der Waals surface area contributed by atoms with E-state index in [1.807, 2.05) is 23.1 Å². The van der Waals surface area contributed by atoms with Gasteiger partial charge < -0.3 is 10.0 Å². The average molecular weight is 312 g/mol. The van der Waals surface area contributed by atoms with E-state index in [-0.39, 0.29) is 17.6 Å². The number of benzene rings is 1. The maximum absolute atomic E-state index is 12.6. The number of hydrogen-bond donors (Lipinski definition) is 2. The molecule has 0 unspecified atom stereocenters. The number of para-hydroxylation sites is 1. The molecular weight excluding hydrogens is 296 g/mol. The van der Waals surface area contributed by atoms with Crippen molar-refractivity contribution in [3.63, 3.8) is 0 Å². The van der Waals surface area contributed by atoms with Crippen LogP contribution in [-0.4, -0.2) is 51.8 Å². The summed E-state index contributed by atoms with van der Waals surface area (Å²) in [4.78, 5) is 27.1. The third-order valence-corrected chi connectivity index (χ3v) is 4.53. The fraction of sp³-hybridized carbons (Fsp3) is 0.312. The van der Waals surface area contributed by atoms with Crippen molar-refractivity contribution in [2.75, 3.05) is 24.5 Å². The lowest BCUT2D eigenvalue weighted by molar-refractivity contribution is 0.0690. The standard InChI is InChI=1S/C16H16N4O3/c21-15(22)13-7-12(17-18-13)11-8-19(9-11)16(23)20-6-5-10-3-1-2-4-14(10)20/h1-4,7,11H,5-6,8-9H2,(H,17,18)(H,21,22). The van der Waals surface area contributed by atoms with Gasteiger partial charge >= 0.3 is 12.0 Å². The van der Waals surface area contributed by atoms with E-state index in [9.17, 15) is 9.59 Å². The molecule has 2 N–H and O–H groups in total. The molecule has 0 bridgehead atoms. The number of urea groups is 1. The number of likely N-dealkylation sites (tertiary alicyclic amines) is 1. The van der Waals surface area contributed by atoms with Crippen LogP contribution in [-0.2, 0) is 6.42 Å². The lowest BCUT2D eigenvalue weighted by atomic mass is 9.96. The van der Waals surface area contributed by atoms with Crippen LogP contribution in [0.2, 0.25) is 0 Å². The maximum atomic E-state index is 12.6. The smallest absolute Gasteiger partial charge is 0.356 e. The van der Waals surface area contributed by atoms with E-state index in [4.69, 9.17) is 5.11 Å². The zero-order valence-corrected chi connectivity index (χ0v) is 12.4. The van der Waals surface area contributed by atoms with Crippen LogP contribution in [0.25, 0.3) is 0 Å². The number of carboxylic acids is 1. The first-order valence-corrected chi connectivity index (χ1v) is 7.56. The van der Waals surface area contributed by atoms with E-state index >= 15 is 0 Å². The summed E-state index contributed by atoms with van der Waals surface area (Å²) in [7, 11) is 0. The topological polar surface area (TPSA) is 89.5 Å². The number of carbonyl (C=O) groups excluding carboxylic acids is 1. The normalized spacial score (nSPS) is 17.0. The third kappa shape index (κ3) is 2.25. The zero-order chi connectivity index (χ0) is 16.0. The lowest BCUT2D eigenvalue weighted by Crippen LogP contribution is -2.53. The number of nitrogens with zero attached hydrogens (tertiary/aromatic N) is 3. The van der Waals surface area contributed by atoms with Crippen LogP contribution in [0.3, 0.4) is 0 Å². The monoisotopic (exact) mass is 312 g/mol. The second kappa shape index (κ2) is 5.12. The van der Waals surface area contributed by atoms with Crippen LogP contribution in [0.15, 0.2) is 30.3 Å². The molecule has 0 spiro atoms. The number of hydrogen-bond acceptors (Lipinski definition) is 3. The van der Waals surface area contributed by atoms with Gasteiger partial charge in [-0.25, -0.2) is 9.59 Å². The number of H-pyrrole nitrogens is 1. The molecule has 2 aromatic rings. The van der Waals surface area contributed by atoms with Gasteiger partial charge in [0.15, 0.2) is 5.69 Å². The van der Waals surface area contributed by atoms with Gasteiger partial charge in [-0.15, -0.1) is 0 Å².